The van der Waals surface area contributed by atoms with Crippen molar-refractivity contribution >= 4 is 17.6 Å². The molecule has 0 aliphatic heterocycles. The number of ether oxygens (including phenoxy) is 1. The maximum atomic E-state index is 10.6. The van der Waals surface area contributed by atoms with Crippen LogP contribution in [0.25, 0.3) is 0 Å². The smallest absolute Gasteiger partial charge is 0.331 e. The van der Waals surface area contributed by atoms with Crippen molar-refractivity contribution in [3.63, 3.8) is 0 Å². The summed E-state index contributed by atoms with van der Waals surface area (Å²) in [7, 11) is 0. The van der Waals surface area contributed by atoms with Gasteiger partial charge in [-0.25, -0.2) is 4.79 Å². The van der Waals surface area contributed by atoms with Crippen molar-refractivity contribution in [2.75, 3.05) is 0 Å². The van der Waals surface area contributed by atoms with Gasteiger partial charge in [0, 0.05) is 0 Å². The van der Waals surface area contributed by atoms with Gasteiger partial charge in [0.15, 0.2) is 5.88 Å². The van der Waals surface area contributed by atoms with Crippen LogP contribution in [-0.4, -0.2) is 5.97 Å². The van der Waals surface area contributed by atoms with Gasteiger partial charge in [-0.15, -0.1) is 11.6 Å². The predicted molar refractivity (Wildman–Crippen MR) is 42.2 cm³/mol. The van der Waals surface area contributed by atoms with Crippen LogP contribution in [0.3, 0.4) is 0 Å². The van der Waals surface area contributed by atoms with Gasteiger partial charge < -0.3 is 4.74 Å². The van der Waals surface area contributed by atoms with Gasteiger partial charge in [0.2, 0.25) is 0 Å². The van der Waals surface area contributed by atoms with Crippen molar-refractivity contribution < 1.29 is 9.53 Å². The fourth-order valence-electron chi connectivity index (χ4n) is 0.627. The maximum absolute atomic E-state index is 10.6. The van der Waals surface area contributed by atoms with Crippen LogP contribution in [0.2, 0.25) is 0 Å². The van der Waals surface area contributed by atoms with Crippen molar-refractivity contribution in [1.82, 2.24) is 0 Å². The van der Waals surface area contributed by atoms with Crippen molar-refractivity contribution in [2.45, 2.75) is 0 Å². The molecule has 1 aromatic rings. The number of carbonyl (C=O) groups excluding carboxylic acids is 1. The maximum Gasteiger partial charge on any atom is 0.331 e. The lowest BCUT2D eigenvalue weighted by Crippen LogP contribution is -2.04. The summed E-state index contributed by atoms with van der Waals surface area (Å²) in [6.45, 7) is 0. The Morgan fingerprint density at radius 3 is 2.55 bits per heavy atom. The van der Waals surface area contributed by atoms with Gasteiger partial charge in [-0.3, -0.25) is 0 Å². The fraction of sp³-hybridized carbons (Fsp3) is 0. The van der Waals surface area contributed by atoms with Gasteiger partial charge in [-0.05, 0) is 12.1 Å². The molecule has 0 atom stereocenters. The van der Waals surface area contributed by atoms with E-state index in [0.717, 1.165) is 5.88 Å². The van der Waals surface area contributed by atoms with Crippen LogP contribution in [0.1, 0.15) is 0 Å². The minimum Gasteiger partial charge on any atom is -0.425 e. The summed E-state index contributed by atoms with van der Waals surface area (Å²) >= 11 is 5.10. The van der Waals surface area contributed by atoms with E-state index in [9.17, 15) is 4.79 Å². The molecule has 0 bridgehead atoms. The summed E-state index contributed by atoms with van der Waals surface area (Å²) in [5, 5.41) is 0. The minimum atomic E-state index is -0.558. The van der Waals surface area contributed by atoms with Crippen LogP contribution in [-0.2, 0) is 4.79 Å². The molecule has 0 spiro atoms. The molecule has 0 saturated heterocycles. The standard InChI is InChI=1S/C8H6ClO2/c9-6-8(10)11-7-4-2-1-3-5-7/h1-6H. The third kappa shape index (κ3) is 2.60. The molecule has 0 aliphatic rings. The Morgan fingerprint density at radius 1 is 1.36 bits per heavy atom. The number of carbonyl (C=O) groups is 1. The molecule has 0 unspecified atom stereocenters. The topological polar surface area (TPSA) is 26.3 Å². The van der Waals surface area contributed by atoms with Gasteiger partial charge >= 0.3 is 5.97 Å². The molecular weight excluding hydrogens is 164 g/mol. The van der Waals surface area contributed by atoms with E-state index >= 15 is 0 Å². The summed E-state index contributed by atoms with van der Waals surface area (Å²) in [6, 6.07) is 8.74. The Bertz CT molecular complexity index is 233. The minimum absolute atomic E-state index is 0.495. The Hall–Kier alpha value is -1.02. The lowest BCUT2D eigenvalue weighted by atomic mass is 10.3. The van der Waals surface area contributed by atoms with Crippen molar-refractivity contribution in [2.24, 2.45) is 0 Å². The summed E-state index contributed by atoms with van der Waals surface area (Å²) in [6.07, 6.45) is 0. The first kappa shape index (κ1) is 8.08. The van der Waals surface area contributed by atoms with E-state index in [0.29, 0.717) is 5.75 Å². The SMILES string of the molecule is O=C([CH]Cl)Oc1ccccc1. The molecule has 0 saturated carbocycles. The highest BCUT2D eigenvalue weighted by atomic mass is 35.5. The number of rotatable bonds is 2. The molecule has 0 amide bonds. The monoisotopic (exact) mass is 169 g/mol. The second kappa shape index (κ2) is 3.98. The molecule has 57 valence electrons. The van der Waals surface area contributed by atoms with Crippen LogP contribution in [0.15, 0.2) is 30.3 Å². The number of hydrogen-bond donors (Lipinski definition) is 0. The van der Waals surface area contributed by atoms with Crippen LogP contribution < -0.4 is 4.74 Å². The molecule has 1 aromatic carbocycles. The van der Waals surface area contributed by atoms with E-state index in [1.54, 1.807) is 24.3 Å². The third-order valence-corrected chi connectivity index (χ3v) is 1.23. The van der Waals surface area contributed by atoms with E-state index in [2.05, 4.69) is 0 Å². The van der Waals surface area contributed by atoms with Crippen LogP contribution in [0.4, 0.5) is 0 Å². The predicted octanol–water partition coefficient (Wildman–Crippen LogP) is 1.99. The van der Waals surface area contributed by atoms with Gasteiger partial charge in [0.1, 0.15) is 5.75 Å². The van der Waals surface area contributed by atoms with E-state index < -0.39 is 5.97 Å². The summed E-state index contributed by atoms with van der Waals surface area (Å²) in [4.78, 5) is 10.6. The molecule has 1 rings (SSSR count). The number of hydrogen-bond acceptors (Lipinski definition) is 2. The number of benzene rings is 1. The molecule has 3 heteroatoms. The van der Waals surface area contributed by atoms with Crippen LogP contribution in [0, 0.1) is 5.88 Å². The third-order valence-electron chi connectivity index (χ3n) is 1.05. The van der Waals surface area contributed by atoms with Crippen LogP contribution in [0.5, 0.6) is 5.75 Å². The molecule has 0 aliphatic carbocycles. The zero-order valence-corrected chi connectivity index (χ0v) is 6.41. The first-order valence-corrected chi connectivity index (χ1v) is 3.47. The molecule has 0 N–H and O–H groups in total. The number of para-hydroxylation sites is 1. The fourth-order valence-corrected chi connectivity index (χ4v) is 0.672. The molecule has 11 heavy (non-hydrogen) atoms. The zero-order chi connectivity index (χ0) is 8.10. The van der Waals surface area contributed by atoms with Gasteiger partial charge in [-0.2, -0.15) is 0 Å². The highest BCUT2D eigenvalue weighted by Gasteiger charge is 2.00. The number of halogens is 1. The average molecular weight is 170 g/mol. The van der Waals surface area contributed by atoms with E-state index in [-0.39, 0.29) is 0 Å². The number of esters is 1. The largest absolute Gasteiger partial charge is 0.425 e. The van der Waals surface area contributed by atoms with E-state index in [4.69, 9.17) is 16.3 Å². The van der Waals surface area contributed by atoms with Crippen molar-refractivity contribution in [3.8, 4) is 5.75 Å². The highest BCUT2D eigenvalue weighted by Crippen LogP contribution is 2.09. The van der Waals surface area contributed by atoms with Gasteiger partial charge in [-0.1, -0.05) is 18.2 Å². The Balaban J connectivity index is 2.58. The summed E-state index contributed by atoms with van der Waals surface area (Å²) in [5.41, 5.74) is 0. The molecule has 2 nitrogen and oxygen atoms in total. The van der Waals surface area contributed by atoms with Crippen molar-refractivity contribution in [3.05, 3.63) is 36.2 Å². The lowest BCUT2D eigenvalue weighted by molar-refractivity contribution is -0.129. The summed E-state index contributed by atoms with van der Waals surface area (Å²) in [5.74, 6) is 0.791. The second-order valence-corrected chi connectivity index (χ2v) is 2.06. The Labute approximate surface area is 69.7 Å². The van der Waals surface area contributed by atoms with Crippen LogP contribution >= 0.6 is 11.6 Å². The van der Waals surface area contributed by atoms with Crippen molar-refractivity contribution in [1.29, 1.82) is 0 Å². The molecule has 0 fully saturated rings. The average Bonchev–Trinajstić information content (AvgIpc) is 2.06. The first-order chi connectivity index (χ1) is 5.33. The Morgan fingerprint density at radius 2 is 2.00 bits per heavy atom. The summed E-state index contributed by atoms with van der Waals surface area (Å²) < 4.78 is 4.74. The quantitative estimate of drug-likeness (QED) is 0.500. The Kier molecular flexibility index (Phi) is 2.93. The zero-order valence-electron chi connectivity index (χ0n) is 5.66. The van der Waals surface area contributed by atoms with E-state index in [1.807, 2.05) is 6.07 Å². The second-order valence-electron chi connectivity index (χ2n) is 1.84. The van der Waals surface area contributed by atoms with Gasteiger partial charge in [0.25, 0.3) is 0 Å². The lowest BCUT2D eigenvalue weighted by Gasteiger charge is -1.98. The normalized spacial score (nSPS) is 9.18. The molecular formula is C8H6ClO2. The molecule has 1 radical (unpaired) electrons. The highest BCUT2D eigenvalue weighted by molar-refractivity contribution is 6.33. The van der Waals surface area contributed by atoms with Gasteiger partial charge in [0.05, 0.1) is 0 Å². The molecule has 0 aromatic heterocycles. The molecule has 0 heterocycles. The first-order valence-electron chi connectivity index (χ1n) is 3.03. The van der Waals surface area contributed by atoms with E-state index in [1.165, 1.54) is 0 Å².